The van der Waals surface area contributed by atoms with Crippen molar-refractivity contribution in [3.63, 3.8) is 0 Å². The summed E-state index contributed by atoms with van der Waals surface area (Å²) in [5.41, 5.74) is 2.97. The smallest absolute Gasteiger partial charge is 0.115 e. The van der Waals surface area contributed by atoms with Crippen molar-refractivity contribution in [2.24, 2.45) is 0 Å². The predicted molar refractivity (Wildman–Crippen MR) is 116 cm³/mol. The summed E-state index contributed by atoms with van der Waals surface area (Å²) < 4.78 is 0. The van der Waals surface area contributed by atoms with E-state index in [1.807, 2.05) is 6.07 Å². The molecule has 0 atom stereocenters. The van der Waals surface area contributed by atoms with Gasteiger partial charge in [-0.05, 0) is 48.9 Å². The van der Waals surface area contributed by atoms with Gasteiger partial charge in [-0.3, -0.25) is 0 Å². The maximum atomic E-state index is 8.63. The summed E-state index contributed by atoms with van der Waals surface area (Å²) in [6.45, 7) is 0. The molecular formula is C26H32O. The lowest BCUT2D eigenvalue weighted by molar-refractivity contribution is 0.475. The largest absolute Gasteiger partial charge is 0.508 e. The van der Waals surface area contributed by atoms with Crippen LogP contribution in [0.5, 0.6) is 5.75 Å². The fourth-order valence-corrected chi connectivity index (χ4v) is 3.08. The second-order valence-electron chi connectivity index (χ2n) is 6.93. The Balaban J connectivity index is 0.000000313. The summed E-state index contributed by atoms with van der Waals surface area (Å²) in [6, 6.07) is 30.4. The molecule has 0 bridgehead atoms. The van der Waals surface area contributed by atoms with Gasteiger partial charge < -0.3 is 5.11 Å². The minimum absolute atomic E-state index is 0.322. The first-order valence-electron chi connectivity index (χ1n) is 10.2. The van der Waals surface area contributed by atoms with Crippen molar-refractivity contribution in [2.75, 3.05) is 0 Å². The second-order valence-corrected chi connectivity index (χ2v) is 6.93. The van der Waals surface area contributed by atoms with Crippen LogP contribution in [0.3, 0.4) is 0 Å². The second kappa shape index (κ2) is 13.6. The van der Waals surface area contributed by atoms with Crippen molar-refractivity contribution in [1.82, 2.24) is 0 Å². The van der Waals surface area contributed by atoms with Gasteiger partial charge in [0.25, 0.3) is 0 Å². The van der Waals surface area contributed by atoms with Crippen molar-refractivity contribution >= 4 is 0 Å². The monoisotopic (exact) mass is 360 g/mol. The minimum Gasteiger partial charge on any atom is -0.508 e. The minimum atomic E-state index is 0.322. The Morgan fingerprint density at radius 3 is 1.07 bits per heavy atom. The van der Waals surface area contributed by atoms with E-state index in [0.29, 0.717) is 5.75 Å². The number of phenolic OH excluding ortho intramolecular Hbond substituents is 1. The molecule has 0 aliphatic rings. The van der Waals surface area contributed by atoms with E-state index in [4.69, 9.17) is 5.11 Å². The number of hydrogen-bond donors (Lipinski definition) is 1. The van der Waals surface area contributed by atoms with Gasteiger partial charge in [0.2, 0.25) is 0 Å². The summed E-state index contributed by atoms with van der Waals surface area (Å²) in [4.78, 5) is 0. The van der Waals surface area contributed by atoms with Gasteiger partial charge in [0.1, 0.15) is 5.75 Å². The van der Waals surface area contributed by atoms with E-state index in [2.05, 4.69) is 60.7 Å². The maximum absolute atomic E-state index is 8.63. The molecule has 27 heavy (non-hydrogen) atoms. The molecule has 142 valence electrons. The van der Waals surface area contributed by atoms with Crippen LogP contribution in [0.25, 0.3) is 0 Å². The molecule has 0 fully saturated rings. The van der Waals surface area contributed by atoms with E-state index < -0.39 is 0 Å². The summed E-state index contributed by atoms with van der Waals surface area (Å²) in [6.07, 6.45) is 10.7. The van der Waals surface area contributed by atoms with E-state index >= 15 is 0 Å². The fourth-order valence-electron chi connectivity index (χ4n) is 3.08. The summed E-state index contributed by atoms with van der Waals surface area (Å²) >= 11 is 0. The van der Waals surface area contributed by atoms with E-state index in [1.54, 1.807) is 24.3 Å². The summed E-state index contributed by atoms with van der Waals surface area (Å²) in [7, 11) is 0. The molecule has 3 aromatic rings. The summed E-state index contributed by atoms with van der Waals surface area (Å²) in [5, 5.41) is 8.63. The molecular weight excluding hydrogens is 328 g/mol. The number of rotatable bonds is 9. The van der Waals surface area contributed by atoms with Crippen LogP contribution >= 0.6 is 0 Å². The van der Waals surface area contributed by atoms with Crippen LogP contribution in [0.15, 0.2) is 91.0 Å². The third kappa shape index (κ3) is 10.3. The van der Waals surface area contributed by atoms with E-state index in [0.717, 1.165) is 0 Å². The normalized spacial score (nSPS) is 10.1. The number of phenols is 1. The number of aromatic hydroxyl groups is 1. The quantitative estimate of drug-likeness (QED) is 0.400. The van der Waals surface area contributed by atoms with Crippen LogP contribution in [0.1, 0.15) is 49.7 Å². The van der Waals surface area contributed by atoms with Crippen LogP contribution < -0.4 is 0 Å². The maximum Gasteiger partial charge on any atom is 0.115 e. The number of benzene rings is 3. The SMILES string of the molecule is Oc1ccccc1.c1ccc(CCCCCCCCc2ccccc2)cc1. The Kier molecular flexibility index (Phi) is 10.5. The van der Waals surface area contributed by atoms with Crippen molar-refractivity contribution < 1.29 is 5.11 Å². The molecule has 1 nitrogen and oxygen atoms in total. The highest BCUT2D eigenvalue weighted by Crippen LogP contribution is 2.11. The lowest BCUT2D eigenvalue weighted by atomic mass is 10.0. The van der Waals surface area contributed by atoms with Gasteiger partial charge >= 0.3 is 0 Å². The summed E-state index contributed by atoms with van der Waals surface area (Å²) in [5.74, 6) is 0.322. The van der Waals surface area contributed by atoms with Gasteiger partial charge in [0.05, 0.1) is 0 Å². The van der Waals surface area contributed by atoms with E-state index in [-0.39, 0.29) is 0 Å². The van der Waals surface area contributed by atoms with E-state index in [1.165, 1.54) is 62.5 Å². The Morgan fingerprint density at radius 1 is 0.407 bits per heavy atom. The van der Waals surface area contributed by atoms with Crippen molar-refractivity contribution in [1.29, 1.82) is 0 Å². The third-order valence-corrected chi connectivity index (χ3v) is 4.62. The van der Waals surface area contributed by atoms with Gasteiger partial charge in [-0.15, -0.1) is 0 Å². The third-order valence-electron chi connectivity index (χ3n) is 4.62. The molecule has 0 amide bonds. The van der Waals surface area contributed by atoms with Crippen LogP contribution in [-0.2, 0) is 12.8 Å². The van der Waals surface area contributed by atoms with Gasteiger partial charge in [-0.2, -0.15) is 0 Å². The molecule has 1 N–H and O–H groups in total. The van der Waals surface area contributed by atoms with Crippen LogP contribution in [-0.4, -0.2) is 5.11 Å². The van der Waals surface area contributed by atoms with Gasteiger partial charge in [-0.1, -0.05) is 105 Å². The van der Waals surface area contributed by atoms with Crippen LogP contribution in [0.2, 0.25) is 0 Å². The Bertz CT molecular complexity index is 647. The Hall–Kier alpha value is -2.54. The average Bonchev–Trinajstić information content (AvgIpc) is 2.73. The molecule has 1 heteroatoms. The van der Waals surface area contributed by atoms with Crippen molar-refractivity contribution in [3.8, 4) is 5.75 Å². The first-order chi connectivity index (χ1) is 13.3. The highest BCUT2D eigenvalue weighted by Gasteiger charge is 1.95. The molecule has 0 radical (unpaired) electrons. The number of unbranched alkanes of at least 4 members (excludes halogenated alkanes) is 5. The Morgan fingerprint density at radius 2 is 0.741 bits per heavy atom. The molecule has 0 aliphatic carbocycles. The van der Waals surface area contributed by atoms with Crippen molar-refractivity contribution in [3.05, 3.63) is 102 Å². The zero-order chi connectivity index (χ0) is 19.0. The van der Waals surface area contributed by atoms with Gasteiger partial charge in [-0.25, -0.2) is 0 Å². The predicted octanol–water partition coefficient (Wildman–Crippen LogP) is 7.20. The molecule has 0 aromatic heterocycles. The molecule has 3 aromatic carbocycles. The molecule has 0 heterocycles. The first-order valence-corrected chi connectivity index (χ1v) is 10.2. The lowest BCUT2D eigenvalue weighted by Gasteiger charge is -2.03. The van der Waals surface area contributed by atoms with Gasteiger partial charge in [0.15, 0.2) is 0 Å². The molecule has 3 rings (SSSR count). The van der Waals surface area contributed by atoms with Crippen LogP contribution in [0.4, 0.5) is 0 Å². The fraction of sp³-hybridized carbons (Fsp3) is 0.308. The molecule has 0 aliphatic heterocycles. The highest BCUT2D eigenvalue weighted by molar-refractivity contribution is 5.18. The zero-order valence-electron chi connectivity index (χ0n) is 16.3. The highest BCUT2D eigenvalue weighted by atomic mass is 16.3. The molecule has 0 saturated carbocycles. The number of hydrogen-bond acceptors (Lipinski definition) is 1. The number of aryl methyl sites for hydroxylation is 2. The topological polar surface area (TPSA) is 20.2 Å². The standard InChI is InChI=1S/C20H26.C6H6O/c1(3-7-13-19-15-9-5-10-16-19)2-4-8-14-20-17-11-6-12-18-20;7-6-4-2-1-3-5-6/h5-6,9-12,15-18H,1-4,7-8,13-14H2;1-5,7H. The van der Waals surface area contributed by atoms with Crippen molar-refractivity contribution in [2.45, 2.75) is 51.4 Å². The number of para-hydroxylation sites is 1. The Labute approximate surface area is 164 Å². The van der Waals surface area contributed by atoms with Crippen LogP contribution in [0, 0.1) is 0 Å². The van der Waals surface area contributed by atoms with Gasteiger partial charge in [0, 0.05) is 0 Å². The molecule has 0 saturated heterocycles. The van der Waals surface area contributed by atoms with E-state index in [9.17, 15) is 0 Å². The molecule has 0 unspecified atom stereocenters. The lowest BCUT2D eigenvalue weighted by Crippen LogP contribution is -1.87. The molecule has 0 spiro atoms. The average molecular weight is 361 g/mol. The zero-order valence-corrected chi connectivity index (χ0v) is 16.3. The first kappa shape index (κ1) is 20.8.